The fourth-order valence-electron chi connectivity index (χ4n) is 3.18. The maximum absolute atomic E-state index is 13.1. The Labute approximate surface area is 113 Å². The topological polar surface area (TPSA) is 46.3 Å². The third-order valence-electron chi connectivity index (χ3n) is 4.58. The van der Waals surface area contributed by atoms with E-state index in [4.69, 9.17) is 5.73 Å². The molecule has 0 aromatic heterocycles. The average Bonchev–Trinajstić information content (AvgIpc) is 2.38. The molecule has 2 aliphatic rings. The summed E-state index contributed by atoms with van der Waals surface area (Å²) in [6, 6.07) is 0.0892. The molecule has 110 valence electrons. The molecule has 0 aromatic carbocycles. The van der Waals surface area contributed by atoms with Gasteiger partial charge in [-0.2, -0.15) is 0 Å². The van der Waals surface area contributed by atoms with E-state index in [0.717, 1.165) is 19.4 Å². The van der Waals surface area contributed by atoms with Gasteiger partial charge in [-0.05, 0) is 38.5 Å². The van der Waals surface area contributed by atoms with E-state index in [1.54, 1.807) is 0 Å². The molecule has 0 spiro atoms. The molecule has 0 bridgehead atoms. The number of carbonyl (C=O) groups is 1. The Kier molecular flexibility index (Phi) is 4.43. The summed E-state index contributed by atoms with van der Waals surface area (Å²) in [5.41, 5.74) is 5.91. The third kappa shape index (κ3) is 3.65. The number of alkyl halides is 2. The van der Waals surface area contributed by atoms with Crippen LogP contribution < -0.4 is 5.73 Å². The molecule has 0 aromatic rings. The minimum absolute atomic E-state index is 0.0702. The minimum Gasteiger partial charge on any atom is -0.342 e. The number of likely N-dealkylation sites (tertiary alicyclic amines) is 1. The Morgan fingerprint density at radius 3 is 2.53 bits per heavy atom. The number of piperidine rings is 1. The molecule has 1 aliphatic heterocycles. The van der Waals surface area contributed by atoms with E-state index in [1.807, 2.05) is 11.8 Å². The number of nitrogens with two attached hydrogens (primary N) is 1. The Bertz CT molecular complexity index is 323. The van der Waals surface area contributed by atoms with Gasteiger partial charge in [-0.15, -0.1) is 0 Å². The van der Waals surface area contributed by atoms with Gasteiger partial charge in [-0.1, -0.05) is 0 Å². The van der Waals surface area contributed by atoms with Gasteiger partial charge in [0.15, 0.2) is 0 Å². The average molecular weight is 274 g/mol. The standard InChI is InChI=1S/C14H24F2N2O/c1-10(17)12-3-2-8-18(9-12)13(19)11-4-6-14(15,16)7-5-11/h10-12H,2-9,17H2,1H3. The zero-order valence-corrected chi connectivity index (χ0v) is 11.6. The van der Waals surface area contributed by atoms with Crippen LogP contribution in [0.2, 0.25) is 0 Å². The summed E-state index contributed by atoms with van der Waals surface area (Å²) in [6.45, 7) is 3.43. The molecule has 2 fully saturated rings. The third-order valence-corrected chi connectivity index (χ3v) is 4.58. The maximum atomic E-state index is 13.1. The SMILES string of the molecule is CC(N)C1CCCN(C(=O)C2CCC(F)(F)CC2)C1. The molecular formula is C14H24F2N2O. The normalized spacial score (nSPS) is 30.1. The molecule has 0 radical (unpaired) electrons. The summed E-state index contributed by atoms with van der Waals surface area (Å²) in [5, 5.41) is 0. The van der Waals surface area contributed by atoms with E-state index >= 15 is 0 Å². The van der Waals surface area contributed by atoms with Gasteiger partial charge < -0.3 is 10.6 Å². The smallest absolute Gasteiger partial charge is 0.248 e. The lowest BCUT2D eigenvalue weighted by Gasteiger charge is -2.38. The van der Waals surface area contributed by atoms with Gasteiger partial charge in [-0.25, -0.2) is 8.78 Å². The zero-order valence-electron chi connectivity index (χ0n) is 11.6. The van der Waals surface area contributed by atoms with Crippen LogP contribution in [0.5, 0.6) is 0 Å². The molecule has 19 heavy (non-hydrogen) atoms. The fourth-order valence-corrected chi connectivity index (χ4v) is 3.18. The highest BCUT2D eigenvalue weighted by molar-refractivity contribution is 5.79. The van der Waals surface area contributed by atoms with E-state index in [9.17, 15) is 13.6 Å². The number of carbonyl (C=O) groups excluding carboxylic acids is 1. The van der Waals surface area contributed by atoms with Crippen molar-refractivity contribution in [1.29, 1.82) is 0 Å². The second-order valence-corrected chi connectivity index (χ2v) is 6.18. The van der Waals surface area contributed by atoms with Crippen molar-refractivity contribution in [3.63, 3.8) is 0 Å². The van der Waals surface area contributed by atoms with Crippen molar-refractivity contribution in [2.45, 2.75) is 57.4 Å². The lowest BCUT2D eigenvalue weighted by Crippen LogP contribution is -2.47. The van der Waals surface area contributed by atoms with Crippen molar-refractivity contribution in [3.05, 3.63) is 0 Å². The second kappa shape index (κ2) is 5.73. The summed E-state index contributed by atoms with van der Waals surface area (Å²) in [5.74, 6) is -2.34. The molecule has 1 amide bonds. The molecule has 2 unspecified atom stereocenters. The largest absolute Gasteiger partial charge is 0.342 e. The molecule has 2 rings (SSSR count). The van der Waals surface area contributed by atoms with Crippen LogP contribution in [0.15, 0.2) is 0 Å². The van der Waals surface area contributed by atoms with Crippen molar-refractivity contribution in [3.8, 4) is 0 Å². The molecule has 1 saturated heterocycles. The summed E-state index contributed by atoms with van der Waals surface area (Å²) in [7, 11) is 0. The molecule has 3 nitrogen and oxygen atoms in total. The van der Waals surface area contributed by atoms with Gasteiger partial charge in [0, 0.05) is 37.9 Å². The van der Waals surface area contributed by atoms with Crippen LogP contribution in [0.4, 0.5) is 8.78 Å². The first-order valence-electron chi connectivity index (χ1n) is 7.31. The lowest BCUT2D eigenvalue weighted by atomic mass is 9.84. The maximum Gasteiger partial charge on any atom is 0.248 e. The summed E-state index contributed by atoms with van der Waals surface area (Å²) >= 11 is 0. The van der Waals surface area contributed by atoms with Crippen LogP contribution >= 0.6 is 0 Å². The quantitative estimate of drug-likeness (QED) is 0.840. The first kappa shape index (κ1) is 14.7. The van der Waals surface area contributed by atoms with Crippen LogP contribution in [0.3, 0.4) is 0 Å². The highest BCUT2D eigenvalue weighted by Gasteiger charge is 2.39. The first-order chi connectivity index (χ1) is 8.89. The van der Waals surface area contributed by atoms with Crippen LogP contribution in [0, 0.1) is 11.8 Å². The number of amides is 1. The minimum atomic E-state index is -2.56. The van der Waals surface area contributed by atoms with Crippen molar-refractivity contribution < 1.29 is 13.6 Å². The van der Waals surface area contributed by atoms with E-state index in [2.05, 4.69) is 0 Å². The Morgan fingerprint density at radius 1 is 1.32 bits per heavy atom. The van der Waals surface area contributed by atoms with Gasteiger partial charge in [0.1, 0.15) is 0 Å². The second-order valence-electron chi connectivity index (χ2n) is 6.18. The Hall–Kier alpha value is -0.710. The number of hydrogen-bond donors (Lipinski definition) is 1. The lowest BCUT2D eigenvalue weighted by molar-refractivity contribution is -0.141. The molecule has 1 saturated carbocycles. The van der Waals surface area contributed by atoms with E-state index in [1.165, 1.54) is 0 Å². The Balaban J connectivity index is 1.89. The summed E-state index contributed by atoms with van der Waals surface area (Å²) < 4.78 is 26.2. The van der Waals surface area contributed by atoms with E-state index in [0.29, 0.717) is 25.3 Å². The first-order valence-corrected chi connectivity index (χ1v) is 7.31. The van der Waals surface area contributed by atoms with Crippen LogP contribution in [-0.2, 0) is 4.79 Å². The van der Waals surface area contributed by atoms with Gasteiger partial charge >= 0.3 is 0 Å². The number of nitrogens with zero attached hydrogens (tertiary/aromatic N) is 1. The number of halogens is 2. The monoisotopic (exact) mass is 274 g/mol. The summed E-state index contributed by atoms with van der Waals surface area (Å²) in [4.78, 5) is 14.2. The molecule has 2 N–H and O–H groups in total. The van der Waals surface area contributed by atoms with Crippen LogP contribution in [-0.4, -0.2) is 35.9 Å². The predicted molar refractivity (Wildman–Crippen MR) is 69.9 cm³/mol. The molecule has 5 heteroatoms. The van der Waals surface area contributed by atoms with Gasteiger partial charge in [0.25, 0.3) is 0 Å². The molecular weight excluding hydrogens is 250 g/mol. The fraction of sp³-hybridized carbons (Fsp3) is 0.929. The van der Waals surface area contributed by atoms with E-state index in [-0.39, 0.29) is 30.7 Å². The zero-order chi connectivity index (χ0) is 14.0. The van der Waals surface area contributed by atoms with Crippen molar-refractivity contribution >= 4 is 5.91 Å². The molecule has 2 atom stereocenters. The van der Waals surface area contributed by atoms with Crippen molar-refractivity contribution in [2.24, 2.45) is 17.6 Å². The van der Waals surface area contributed by atoms with Gasteiger partial charge in [0.05, 0.1) is 0 Å². The number of rotatable bonds is 2. The van der Waals surface area contributed by atoms with Crippen LogP contribution in [0.1, 0.15) is 45.4 Å². The van der Waals surface area contributed by atoms with E-state index < -0.39 is 5.92 Å². The predicted octanol–water partition coefficient (Wildman–Crippen LogP) is 2.40. The Morgan fingerprint density at radius 2 is 1.95 bits per heavy atom. The van der Waals surface area contributed by atoms with Gasteiger partial charge in [-0.3, -0.25) is 4.79 Å². The number of hydrogen-bond acceptors (Lipinski definition) is 2. The van der Waals surface area contributed by atoms with Crippen molar-refractivity contribution in [2.75, 3.05) is 13.1 Å². The highest BCUT2D eigenvalue weighted by Crippen LogP contribution is 2.37. The van der Waals surface area contributed by atoms with Crippen molar-refractivity contribution in [1.82, 2.24) is 4.90 Å². The molecule has 1 aliphatic carbocycles. The summed E-state index contributed by atoms with van der Waals surface area (Å²) in [6.07, 6.45) is 2.39. The molecule has 1 heterocycles. The van der Waals surface area contributed by atoms with Crippen LogP contribution in [0.25, 0.3) is 0 Å². The van der Waals surface area contributed by atoms with Gasteiger partial charge in [0.2, 0.25) is 11.8 Å². The highest BCUT2D eigenvalue weighted by atomic mass is 19.3.